The average Bonchev–Trinajstić information content (AvgIpc) is 3.86. The zero-order chi connectivity index (χ0) is 32.8. The molecule has 234 valence electrons. The first-order valence-electron chi connectivity index (χ1n) is 16.8. The van der Waals surface area contributed by atoms with E-state index >= 15 is 0 Å². The van der Waals surface area contributed by atoms with Crippen LogP contribution in [0.3, 0.4) is 0 Å². The highest BCUT2D eigenvalue weighted by molar-refractivity contribution is 7.26. The molecule has 0 unspecified atom stereocenters. The second-order valence-corrected chi connectivity index (χ2v) is 15.1. The molecule has 0 aliphatic carbocycles. The maximum atomic E-state index is 6.16. The fourth-order valence-electron chi connectivity index (χ4n) is 7.69. The van der Waals surface area contributed by atoms with Crippen LogP contribution in [-0.2, 0) is 0 Å². The van der Waals surface area contributed by atoms with E-state index in [4.69, 9.17) is 4.42 Å². The lowest BCUT2D eigenvalue weighted by molar-refractivity contribution is 0.669. The lowest BCUT2D eigenvalue weighted by Gasteiger charge is -2.26. The van der Waals surface area contributed by atoms with Crippen molar-refractivity contribution >= 4 is 113 Å². The third kappa shape index (κ3) is 4.26. The Bertz CT molecular complexity index is 2990. The first kappa shape index (κ1) is 28.0. The van der Waals surface area contributed by atoms with E-state index in [1.165, 1.54) is 67.6 Å². The zero-order valence-corrected chi connectivity index (χ0v) is 28.4. The summed E-state index contributed by atoms with van der Waals surface area (Å²) in [5.41, 5.74) is 7.67. The number of para-hydroxylation sites is 1. The summed E-state index contributed by atoms with van der Waals surface area (Å²) >= 11 is 3.72. The topological polar surface area (TPSA) is 16.4 Å². The van der Waals surface area contributed by atoms with Crippen molar-refractivity contribution in [2.75, 3.05) is 4.90 Å². The molecule has 0 N–H and O–H groups in total. The molecular formula is C46H27NOS2. The third-order valence-corrected chi connectivity index (χ3v) is 12.3. The Kier molecular flexibility index (Phi) is 6.03. The van der Waals surface area contributed by atoms with Crippen molar-refractivity contribution in [1.82, 2.24) is 0 Å². The fraction of sp³-hybridized carbons (Fsp3) is 0. The number of hydrogen-bond donors (Lipinski definition) is 0. The van der Waals surface area contributed by atoms with Gasteiger partial charge in [0.2, 0.25) is 0 Å². The molecule has 0 saturated carbocycles. The molecule has 0 aliphatic rings. The van der Waals surface area contributed by atoms with Crippen LogP contribution in [0.15, 0.2) is 168 Å². The van der Waals surface area contributed by atoms with Crippen molar-refractivity contribution in [2.24, 2.45) is 0 Å². The molecule has 0 bridgehead atoms. The molecule has 0 atom stereocenters. The van der Waals surface area contributed by atoms with E-state index in [0.29, 0.717) is 0 Å². The smallest absolute Gasteiger partial charge is 0.136 e. The summed E-state index contributed by atoms with van der Waals surface area (Å²) in [6.07, 6.45) is 0. The molecule has 0 aliphatic heterocycles. The van der Waals surface area contributed by atoms with Gasteiger partial charge in [-0.2, -0.15) is 0 Å². The van der Waals surface area contributed by atoms with E-state index in [1.807, 2.05) is 34.8 Å². The molecular weight excluding hydrogens is 647 g/mol. The Morgan fingerprint density at radius 1 is 0.360 bits per heavy atom. The largest absolute Gasteiger partial charge is 0.456 e. The normalized spacial score (nSPS) is 12.0. The van der Waals surface area contributed by atoms with Crippen molar-refractivity contribution in [3.8, 4) is 11.1 Å². The van der Waals surface area contributed by atoms with Crippen molar-refractivity contribution < 1.29 is 4.42 Å². The Morgan fingerprint density at radius 3 is 1.58 bits per heavy atom. The minimum Gasteiger partial charge on any atom is -0.456 e. The van der Waals surface area contributed by atoms with Gasteiger partial charge in [0.15, 0.2) is 0 Å². The summed E-state index contributed by atoms with van der Waals surface area (Å²) in [4.78, 5) is 2.40. The predicted molar refractivity (Wildman–Crippen MR) is 217 cm³/mol. The van der Waals surface area contributed by atoms with Crippen LogP contribution in [0, 0.1) is 0 Å². The van der Waals surface area contributed by atoms with Crippen LogP contribution in [0.25, 0.3) is 84.2 Å². The first-order valence-corrected chi connectivity index (χ1v) is 18.5. The maximum Gasteiger partial charge on any atom is 0.136 e. The standard InChI is InChI=1S/C46H27NOS2/c1-4-10-40-39(9-1)46-34-21-15-29(25-30(34)16-24-41(46)48-40)28-13-17-31(18-14-28)47(32-19-22-37-35-7-2-5-11-42(35)49-44(37)26-32)33-20-23-38-36-8-3-6-12-43(36)50-45(38)27-33/h1-27H. The predicted octanol–water partition coefficient (Wildman–Crippen LogP) is 14.6. The second-order valence-electron chi connectivity index (χ2n) is 12.9. The summed E-state index contributed by atoms with van der Waals surface area (Å²) in [6, 6.07) is 59.6. The molecule has 11 aromatic rings. The Balaban J connectivity index is 1.04. The van der Waals surface area contributed by atoms with Crippen LogP contribution >= 0.6 is 22.7 Å². The van der Waals surface area contributed by atoms with Crippen molar-refractivity contribution in [2.45, 2.75) is 0 Å². The molecule has 11 rings (SSSR count). The lowest BCUT2D eigenvalue weighted by atomic mass is 9.98. The first-order chi connectivity index (χ1) is 24.7. The number of furan rings is 1. The zero-order valence-electron chi connectivity index (χ0n) is 26.8. The molecule has 0 radical (unpaired) electrons. The van der Waals surface area contributed by atoms with E-state index in [-0.39, 0.29) is 0 Å². The van der Waals surface area contributed by atoms with Gasteiger partial charge in [-0.05, 0) is 88.6 Å². The molecule has 2 nitrogen and oxygen atoms in total. The quantitative estimate of drug-likeness (QED) is 0.185. The van der Waals surface area contributed by atoms with Crippen molar-refractivity contribution in [3.05, 3.63) is 164 Å². The highest BCUT2D eigenvalue weighted by atomic mass is 32.1. The van der Waals surface area contributed by atoms with Crippen LogP contribution in [0.4, 0.5) is 17.1 Å². The minimum atomic E-state index is 0.928. The fourth-order valence-corrected chi connectivity index (χ4v) is 9.97. The number of hydrogen-bond acceptors (Lipinski definition) is 4. The van der Waals surface area contributed by atoms with E-state index in [9.17, 15) is 0 Å². The summed E-state index contributed by atoms with van der Waals surface area (Å²) < 4.78 is 11.4. The molecule has 0 amide bonds. The van der Waals surface area contributed by atoms with Crippen LogP contribution in [0.1, 0.15) is 0 Å². The van der Waals surface area contributed by atoms with Gasteiger partial charge in [-0.3, -0.25) is 0 Å². The number of rotatable bonds is 4. The lowest BCUT2D eigenvalue weighted by Crippen LogP contribution is -2.09. The Morgan fingerprint density at radius 2 is 0.900 bits per heavy atom. The van der Waals surface area contributed by atoms with Crippen molar-refractivity contribution in [3.63, 3.8) is 0 Å². The number of benzene rings is 8. The summed E-state index contributed by atoms with van der Waals surface area (Å²) in [5, 5.41) is 10.0. The third-order valence-electron chi connectivity index (χ3n) is 10.1. The highest BCUT2D eigenvalue weighted by Gasteiger charge is 2.17. The van der Waals surface area contributed by atoms with Gasteiger partial charge >= 0.3 is 0 Å². The van der Waals surface area contributed by atoms with Gasteiger partial charge in [-0.1, -0.05) is 97.1 Å². The van der Waals surface area contributed by atoms with E-state index in [1.54, 1.807) is 0 Å². The van der Waals surface area contributed by atoms with Gasteiger partial charge in [-0.25, -0.2) is 0 Å². The maximum absolute atomic E-state index is 6.16. The monoisotopic (exact) mass is 673 g/mol. The van der Waals surface area contributed by atoms with Gasteiger partial charge in [0, 0.05) is 68.2 Å². The SMILES string of the molecule is c1ccc2c(c1)oc1ccc3cc(-c4ccc(N(c5ccc6c(c5)sc5ccccc56)c5ccc6c(c5)sc5ccccc56)cc4)ccc3c12. The molecule has 0 fully saturated rings. The summed E-state index contributed by atoms with van der Waals surface area (Å²) in [7, 11) is 0. The number of anilines is 3. The summed E-state index contributed by atoms with van der Waals surface area (Å²) in [5.74, 6) is 0. The van der Waals surface area contributed by atoms with E-state index in [2.05, 4.69) is 157 Å². The number of nitrogens with zero attached hydrogens (tertiary/aromatic N) is 1. The molecule has 50 heavy (non-hydrogen) atoms. The van der Waals surface area contributed by atoms with Gasteiger partial charge in [0.1, 0.15) is 11.2 Å². The second kappa shape index (κ2) is 10.8. The average molecular weight is 674 g/mol. The van der Waals surface area contributed by atoms with Gasteiger partial charge in [-0.15, -0.1) is 22.7 Å². The van der Waals surface area contributed by atoms with Gasteiger partial charge in [0.25, 0.3) is 0 Å². The van der Waals surface area contributed by atoms with Crippen LogP contribution in [-0.4, -0.2) is 0 Å². The summed E-state index contributed by atoms with van der Waals surface area (Å²) in [6.45, 7) is 0. The molecule has 8 aromatic carbocycles. The van der Waals surface area contributed by atoms with E-state index in [0.717, 1.165) is 33.6 Å². The number of thiophene rings is 2. The van der Waals surface area contributed by atoms with Crippen LogP contribution in [0.5, 0.6) is 0 Å². The minimum absolute atomic E-state index is 0.928. The number of fused-ring (bicyclic) bond motifs is 11. The van der Waals surface area contributed by atoms with Crippen LogP contribution in [0.2, 0.25) is 0 Å². The Hall–Kier alpha value is -5.94. The van der Waals surface area contributed by atoms with E-state index < -0.39 is 0 Å². The Labute approximate surface area is 295 Å². The van der Waals surface area contributed by atoms with Gasteiger partial charge < -0.3 is 9.32 Å². The van der Waals surface area contributed by atoms with Crippen molar-refractivity contribution in [1.29, 1.82) is 0 Å². The molecule has 4 heteroatoms. The highest BCUT2D eigenvalue weighted by Crippen LogP contribution is 2.44. The molecule has 0 saturated heterocycles. The van der Waals surface area contributed by atoms with Crippen LogP contribution < -0.4 is 4.90 Å². The molecule has 3 aromatic heterocycles. The van der Waals surface area contributed by atoms with Gasteiger partial charge in [0.05, 0.1) is 0 Å². The molecule has 3 heterocycles. The molecule has 0 spiro atoms.